The van der Waals surface area contributed by atoms with Gasteiger partial charge >= 0.3 is 5.97 Å². The van der Waals surface area contributed by atoms with Crippen molar-refractivity contribution in [2.75, 3.05) is 24.7 Å². The van der Waals surface area contributed by atoms with Crippen LogP contribution in [0.25, 0.3) is 0 Å². The minimum atomic E-state index is -0.524. The van der Waals surface area contributed by atoms with Gasteiger partial charge in [-0.2, -0.15) is 0 Å². The summed E-state index contributed by atoms with van der Waals surface area (Å²) in [5, 5.41) is 2.76. The standard InChI is InChI=1S/C18H24N2O5/c1-12(2)13(3)19-16(21)10-25-18(23)8-9-20-14-6-4-5-7-15(14)24-11-17(20)22/h4-7,12-13H,8-11H2,1-3H3,(H,19,21)/t13-/m0/s1. The topological polar surface area (TPSA) is 84.9 Å². The summed E-state index contributed by atoms with van der Waals surface area (Å²) in [6.07, 6.45) is 0.00703. The summed E-state index contributed by atoms with van der Waals surface area (Å²) in [5.74, 6) is -0.161. The second-order valence-electron chi connectivity index (χ2n) is 6.31. The number of nitrogens with zero attached hydrogens (tertiary/aromatic N) is 1. The SMILES string of the molecule is CC(C)[C@H](C)NC(=O)COC(=O)CCN1C(=O)COc2ccccc21. The lowest BCUT2D eigenvalue weighted by Crippen LogP contribution is -2.41. The molecule has 136 valence electrons. The Hall–Kier alpha value is -2.57. The van der Waals surface area contributed by atoms with Crippen molar-refractivity contribution >= 4 is 23.5 Å². The van der Waals surface area contributed by atoms with Crippen LogP contribution in [0.4, 0.5) is 5.69 Å². The van der Waals surface area contributed by atoms with Gasteiger partial charge in [-0.3, -0.25) is 14.4 Å². The zero-order chi connectivity index (χ0) is 18.4. The van der Waals surface area contributed by atoms with E-state index in [4.69, 9.17) is 9.47 Å². The molecule has 0 saturated carbocycles. The van der Waals surface area contributed by atoms with Gasteiger partial charge in [0.05, 0.1) is 12.1 Å². The zero-order valence-electron chi connectivity index (χ0n) is 14.8. The maximum Gasteiger partial charge on any atom is 0.308 e. The predicted molar refractivity (Wildman–Crippen MR) is 92.3 cm³/mol. The highest BCUT2D eigenvalue weighted by Gasteiger charge is 2.25. The quantitative estimate of drug-likeness (QED) is 0.755. The van der Waals surface area contributed by atoms with Crippen LogP contribution in [-0.2, 0) is 19.1 Å². The lowest BCUT2D eigenvalue weighted by molar-refractivity contribution is -0.148. The average molecular weight is 348 g/mol. The number of carbonyl (C=O) groups excluding carboxylic acids is 3. The first kappa shape index (κ1) is 18.8. The highest BCUT2D eigenvalue weighted by Crippen LogP contribution is 2.31. The Morgan fingerprint density at radius 3 is 2.72 bits per heavy atom. The van der Waals surface area contributed by atoms with Crippen LogP contribution in [0.5, 0.6) is 5.75 Å². The number of hydrogen-bond acceptors (Lipinski definition) is 5. The van der Waals surface area contributed by atoms with Crippen LogP contribution < -0.4 is 15.0 Å². The molecule has 0 unspecified atom stereocenters. The summed E-state index contributed by atoms with van der Waals surface area (Å²) < 4.78 is 10.3. The van der Waals surface area contributed by atoms with Crippen LogP contribution >= 0.6 is 0 Å². The molecule has 7 heteroatoms. The molecule has 1 aromatic rings. The van der Waals surface area contributed by atoms with Gasteiger partial charge in [-0.05, 0) is 25.0 Å². The molecule has 1 heterocycles. The molecule has 25 heavy (non-hydrogen) atoms. The maximum atomic E-state index is 12.0. The molecule has 0 fully saturated rings. The fourth-order valence-corrected chi connectivity index (χ4v) is 2.28. The van der Waals surface area contributed by atoms with Crippen molar-refractivity contribution < 1.29 is 23.9 Å². The summed E-state index contributed by atoms with van der Waals surface area (Å²) in [6.45, 7) is 5.70. The molecule has 0 aromatic heterocycles. The summed E-state index contributed by atoms with van der Waals surface area (Å²) in [6, 6.07) is 7.16. The maximum absolute atomic E-state index is 12.0. The van der Waals surface area contributed by atoms with Crippen molar-refractivity contribution in [3.05, 3.63) is 24.3 Å². The van der Waals surface area contributed by atoms with E-state index in [0.29, 0.717) is 17.4 Å². The minimum absolute atomic E-state index is 0.00703. The summed E-state index contributed by atoms with van der Waals surface area (Å²) in [5.41, 5.74) is 0.634. The number of esters is 1. The van der Waals surface area contributed by atoms with E-state index >= 15 is 0 Å². The molecule has 1 atom stereocenters. The van der Waals surface area contributed by atoms with Gasteiger partial charge in [0.25, 0.3) is 11.8 Å². The van der Waals surface area contributed by atoms with E-state index in [-0.39, 0.29) is 44.0 Å². The molecule has 2 rings (SSSR count). The van der Waals surface area contributed by atoms with Crippen LogP contribution in [0.15, 0.2) is 24.3 Å². The highest BCUT2D eigenvalue weighted by molar-refractivity contribution is 5.98. The average Bonchev–Trinajstić information content (AvgIpc) is 2.59. The first-order chi connectivity index (χ1) is 11.9. The van der Waals surface area contributed by atoms with Crippen LogP contribution in [-0.4, -0.2) is 43.6 Å². The number of hydrogen-bond donors (Lipinski definition) is 1. The van der Waals surface area contributed by atoms with Crippen molar-refractivity contribution in [2.45, 2.75) is 33.2 Å². The summed E-state index contributed by atoms with van der Waals surface area (Å²) in [7, 11) is 0. The minimum Gasteiger partial charge on any atom is -0.482 e. The van der Waals surface area contributed by atoms with Crippen LogP contribution in [0.1, 0.15) is 27.2 Å². The van der Waals surface area contributed by atoms with Crippen molar-refractivity contribution in [3.8, 4) is 5.75 Å². The van der Waals surface area contributed by atoms with E-state index in [1.165, 1.54) is 4.90 Å². The van der Waals surface area contributed by atoms with Crippen molar-refractivity contribution in [2.24, 2.45) is 5.92 Å². The Bertz CT molecular complexity index is 644. The number of fused-ring (bicyclic) bond motifs is 1. The molecule has 0 saturated heterocycles. The van der Waals surface area contributed by atoms with Gasteiger partial charge in [0, 0.05) is 12.6 Å². The number of carbonyl (C=O) groups is 3. The lowest BCUT2D eigenvalue weighted by atomic mass is 10.1. The van der Waals surface area contributed by atoms with Crippen LogP contribution in [0, 0.1) is 5.92 Å². The number of ether oxygens (including phenoxy) is 2. The molecular formula is C18H24N2O5. The normalized spacial score (nSPS) is 14.6. The van der Waals surface area contributed by atoms with Crippen molar-refractivity contribution in [3.63, 3.8) is 0 Å². The summed E-state index contributed by atoms with van der Waals surface area (Å²) >= 11 is 0. The predicted octanol–water partition coefficient (Wildman–Crippen LogP) is 1.51. The van der Waals surface area contributed by atoms with E-state index in [0.717, 1.165) is 0 Å². The Morgan fingerprint density at radius 2 is 2.00 bits per heavy atom. The van der Waals surface area contributed by atoms with Gasteiger partial charge in [0.1, 0.15) is 5.75 Å². The fourth-order valence-electron chi connectivity index (χ4n) is 2.28. The van der Waals surface area contributed by atoms with Gasteiger partial charge in [0.2, 0.25) is 0 Å². The number of benzene rings is 1. The van der Waals surface area contributed by atoms with E-state index in [1.807, 2.05) is 26.8 Å². The third kappa shape index (κ3) is 5.20. The smallest absolute Gasteiger partial charge is 0.308 e. The van der Waals surface area contributed by atoms with Crippen molar-refractivity contribution in [1.29, 1.82) is 0 Å². The molecule has 0 bridgehead atoms. The number of rotatable bonds is 7. The number of amides is 2. The molecule has 0 spiro atoms. The molecule has 7 nitrogen and oxygen atoms in total. The van der Waals surface area contributed by atoms with Crippen LogP contribution in [0.2, 0.25) is 0 Å². The van der Waals surface area contributed by atoms with E-state index in [9.17, 15) is 14.4 Å². The Kier molecular flexibility index (Phi) is 6.38. The van der Waals surface area contributed by atoms with E-state index in [2.05, 4.69) is 5.32 Å². The zero-order valence-corrected chi connectivity index (χ0v) is 14.8. The number of nitrogens with one attached hydrogen (secondary N) is 1. The van der Waals surface area contributed by atoms with Gasteiger partial charge in [-0.25, -0.2) is 0 Å². The molecule has 1 aromatic carbocycles. The van der Waals surface area contributed by atoms with Gasteiger partial charge < -0.3 is 19.7 Å². The van der Waals surface area contributed by atoms with Crippen LogP contribution in [0.3, 0.4) is 0 Å². The van der Waals surface area contributed by atoms with Gasteiger partial charge in [-0.15, -0.1) is 0 Å². The van der Waals surface area contributed by atoms with Gasteiger partial charge in [-0.1, -0.05) is 26.0 Å². The first-order valence-electron chi connectivity index (χ1n) is 8.35. The molecule has 1 N–H and O–H groups in total. The lowest BCUT2D eigenvalue weighted by Gasteiger charge is -2.28. The largest absolute Gasteiger partial charge is 0.482 e. The van der Waals surface area contributed by atoms with E-state index in [1.54, 1.807) is 18.2 Å². The second-order valence-corrected chi connectivity index (χ2v) is 6.31. The first-order valence-corrected chi connectivity index (χ1v) is 8.35. The highest BCUT2D eigenvalue weighted by atomic mass is 16.5. The Balaban J connectivity index is 1.80. The van der Waals surface area contributed by atoms with Crippen molar-refractivity contribution in [1.82, 2.24) is 5.32 Å². The Morgan fingerprint density at radius 1 is 1.28 bits per heavy atom. The molecule has 1 aliphatic rings. The number of anilines is 1. The monoisotopic (exact) mass is 348 g/mol. The molecule has 0 aliphatic carbocycles. The molecule has 1 aliphatic heterocycles. The Labute approximate surface area is 147 Å². The van der Waals surface area contributed by atoms with E-state index < -0.39 is 5.97 Å². The number of para-hydroxylation sites is 2. The second kappa shape index (κ2) is 8.50. The molecule has 2 amide bonds. The fraction of sp³-hybridized carbons (Fsp3) is 0.500. The van der Waals surface area contributed by atoms with Gasteiger partial charge in [0.15, 0.2) is 13.2 Å². The molecular weight excluding hydrogens is 324 g/mol. The third-order valence-corrected chi connectivity index (χ3v) is 4.10. The molecule has 0 radical (unpaired) electrons. The third-order valence-electron chi connectivity index (χ3n) is 4.10. The summed E-state index contributed by atoms with van der Waals surface area (Å²) in [4.78, 5) is 37.1.